The van der Waals surface area contributed by atoms with Crippen molar-refractivity contribution in [2.24, 2.45) is 5.92 Å². The smallest absolute Gasteiger partial charge is 0.111 e. The van der Waals surface area contributed by atoms with Crippen LogP contribution in [0, 0.1) is 5.92 Å². The second-order valence-corrected chi connectivity index (χ2v) is 4.29. The predicted octanol–water partition coefficient (Wildman–Crippen LogP) is 7.19. The Morgan fingerprint density at radius 2 is 1.50 bits per heavy atom. The van der Waals surface area contributed by atoms with E-state index in [2.05, 4.69) is 56.9 Å². The monoisotopic (exact) mass is 284 g/mol. The molecule has 0 radical (unpaired) electrons. The summed E-state index contributed by atoms with van der Waals surface area (Å²) >= 11 is 0. The molecule has 0 heterocycles. The summed E-state index contributed by atoms with van der Waals surface area (Å²) in [4.78, 5) is 0. The largest absolute Gasteiger partial charge is 0.497 e. The van der Waals surface area contributed by atoms with Crippen molar-refractivity contribution in [3.63, 3.8) is 0 Å². The van der Waals surface area contributed by atoms with Crippen LogP contribution in [0.1, 0.15) is 62.8 Å². The molecule has 1 aliphatic rings. The Morgan fingerprint density at radius 1 is 1.15 bits per heavy atom. The average Bonchev–Trinajstić information content (AvgIpc) is 2.80. The lowest BCUT2D eigenvalue weighted by atomic mass is 10.1. The highest BCUT2D eigenvalue weighted by Gasteiger charge is 1.99. The van der Waals surface area contributed by atoms with Crippen LogP contribution < -0.4 is 0 Å². The van der Waals surface area contributed by atoms with Gasteiger partial charge < -0.3 is 4.74 Å². The van der Waals surface area contributed by atoms with Crippen LogP contribution in [0.5, 0.6) is 0 Å². The van der Waals surface area contributed by atoms with Crippen molar-refractivity contribution in [1.29, 1.82) is 0 Å². The third-order valence-corrected chi connectivity index (χ3v) is 2.31. The van der Waals surface area contributed by atoms with Gasteiger partial charge in [-0.25, -0.2) is 0 Å². The Balaban J connectivity index is -0.0000000526. The molecule has 122 valence electrons. The Bertz CT molecular complexity index is 247. The van der Waals surface area contributed by atoms with Crippen molar-refractivity contribution in [3.05, 3.63) is 48.8 Å². The topological polar surface area (TPSA) is 9.23 Å². The van der Waals surface area contributed by atoms with E-state index in [0.717, 1.165) is 5.92 Å². The van der Waals surface area contributed by atoms with Gasteiger partial charge in [0.1, 0.15) is 5.76 Å². The van der Waals surface area contributed by atoms with Gasteiger partial charge in [-0.3, -0.25) is 0 Å². The van der Waals surface area contributed by atoms with Gasteiger partial charge in [-0.15, -0.1) is 0 Å². The fraction of sp³-hybridized carbons (Fsp3) is 0.579. The van der Waals surface area contributed by atoms with Gasteiger partial charge in [-0.2, -0.15) is 0 Å². The van der Waals surface area contributed by atoms with Crippen molar-refractivity contribution in [3.8, 4) is 0 Å². The van der Waals surface area contributed by atoms with E-state index in [-0.39, 0.29) is 22.3 Å². The first-order chi connectivity index (χ1) is 7.97. The van der Waals surface area contributed by atoms with Crippen LogP contribution in [0.3, 0.4) is 0 Å². The summed E-state index contributed by atoms with van der Waals surface area (Å²) in [5, 5.41) is 0. The second kappa shape index (κ2) is 22.9. The van der Waals surface area contributed by atoms with E-state index in [1.165, 1.54) is 18.4 Å². The molecular weight excluding hydrogens is 244 g/mol. The molecule has 0 atom stereocenters. The molecule has 20 heavy (non-hydrogen) atoms. The zero-order valence-corrected chi connectivity index (χ0v) is 12.1. The second-order valence-electron chi connectivity index (χ2n) is 4.29. The Hall–Kier alpha value is -1.24. The molecule has 0 aromatic rings. The van der Waals surface area contributed by atoms with Crippen LogP contribution in [0.4, 0.5) is 0 Å². The number of hydrogen-bond donors (Lipinski definition) is 0. The van der Waals surface area contributed by atoms with Gasteiger partial charge >= 0.3 is 0 Å². The molecule has 0 aliphatic heterocycles. The van der Waals surface area contributed by atoms with Gasteiger partial charge in [0.2, 0.25) is 0 Å². The number of methoxy groups -OCH3 is 1. The zero-order valence-electron chi connectivity index (χ0n) is 12.1. The Kier molecular flexibility index (Phi) is 35.8. The van der Waals surface area contributed by atoms with Crippen LogP contribution in [-0.4, -0.2) is 7.11 Å². The Morgan fingerprint density at radius 3 is 1.55 bits per heavy atom. The zero-order chi connectivity index (χ0) is 13.7. The predicted molar refractivity (Wildman–Crippen MR) is 99.2 cm³/mol. The molecule has 0 aromatic carbocycles. The lowest BCUT2D eigenvalue weighted by molar-refractivity contribution is 0.309. The molecule has 0 aromatic heterocycles. The molecule has 0 N–H and O–H groups in total. The summed E-state index contributed by atoms with van der Waals surface area (Å²) in [5.41, 5.74) is 1.38. The number of allylic oxidation sites excluding steroid dienone is 5. The van der Waals surface area contributed by atoms with E-state index >= 15 is 0 Å². The summed E-state index contributed by atoms with van der Waals surface area (Å²) in [6.07, 6.45) is 10.8. The van der Waals surface area contributed by atoms with E-state index in [1.807, 2.05) is 6.92 Å². The van der Waals surface area contributed by atoms with Crippen LogP contribution in [0.2, 0.25) is 0 Å². The molecule has 0 fully saturated rings. The molecule has 1 aliphatic carbocycles. The summed E-state index contributed by atoms with van der Waals surface area (Å²) in [6.45, 7) is 15.3. The number of hydrogen-bond acceptors (Lipinski definition) is 1. The Labute approximate surface area is 130 Å². The minimum Gasteiger partial charge on any atom is -0.497 e. The molecule has 0 amide bonds. The van der Waals surface area contributed by atoms with E-state index in [1.54, 1.807) is 13.2 Å². The van der Waals surface area contributed by atoms with Crippen molar-refractivity contribution >= 4 is 0 Å². The van der Waals surface area contributed by atoms with Crippen molar-refractivity contribution in [1.82, 2.24) is 0 Å². The molecular formula is C19H40O. The molecule has 0 unspecified atom stereocenters. The molecule has 0 spiro atoms. The number of rotatable bonds is 2. The minimum absolute atomic E-state index is 0. The summed E-state index contributed by atoms with van der Waals surface area (Å²) in [6, 6.07) is 0. The van der Waals surface area contributed by atoms with Gasteiger partial charge in [-0.1, -0.05) is 66.2 Å². The third kappa shape index (κ3) is 30.1. The van der Waals surface area contributed by atoms with Crippen molar-refractivity contribution in [2.75, 3.05) is 7.11 Å². The molecule has 1 rings (SSSR count). The first-order valence-corrected chi connectivity index (χ1v) is 6.07. The first-order valence-electron chi connectivity index (χ1n) is 6.07. The van der Waals surface area contributed by atoms with Crippen LogP contribution >= 0.6 is 0 Å². The lowest BCUT2D eigenvalue weighted by Gasteiger charge is -1.92. The van der Waals surface area contributed by atoms with Gasteiger partial charge in [0, 0.05) is 0 Å². The highest BCUT2D eigenvalue weighted by Crippen LogP contribution is 2.15. The summed E-state index contributed by atoms with van der Waals surface area (Å²) in [5.74, 6) is 1.54. The normalized spacial score (nSPS) is 10.7. The maximum absolute atomic E-state index is 4.59. The summed E-state index contributed by atoms with van der Waals surface area (Å²) < 4.78 is 4.59. The molecule has 0 bridgehead atoms. The molecule has 1 nitrogen and oxygen atoms in total. The van der Waals surface area contributed by atoms with E-state index < -0.39 is 0 Å². The fourth-order valence-electron chi connectivity index (χ4n) is 0.837. The van der Waals surface area contributed by atoms with Crippen molar-refractivity contribution in [2.45, 2.75) is 62.8 Å². The first kappa shape index (κ1) is 31.3. The minimum atomic E-state index is 0. The average molecular weight is 285 g/mol. The molecule has 1 heteroatoms. The maximum Gasteiger partial charge on any atom is 0.111 e. The highest BCUT2D eigenvalue weighted by atomic mass is 16.5. The van der Waals surface area contributed by atoms with Gasteiger partial charge in [0.25, 0.3) is 0 Å². The lowest BCUT2D eigenvalue weighted by Crippen LogP contribution is -1.79. The fourth-order valence-corrected chi connectivity index (χ4v) is 0.837. The van der Waals surface area contributed by atoms with Gasteiger partial charge in [0.05, 0.1) is 7.11 Å². The standard InChI is InChI=1S/C6H10.C5H8O.C5H10.3CH4/c1-6-4-2-3-5-6;1-4-5(2)6-3;1-4-5(2)3;;;/h2-3,6H,4-5H2,1H3;4H,1-2H2,3H3;4H,1-3H3;3*1H4. The van der Waals surface area contributed by atoms with E-state index in [0.29, 0.717) is 5.76 Å². The third-order valence-electron chi connectivity index (χ3n) is 2.31. The summed E-state index contributed by atoms with van der Waals surface area (Å²) in [7, 11) is 1.56. The maximum atomic E-state index is 4.59. The van der Waals surface area contributed by atoms with E-state index in [4.69, 9.17) is 0 Å². The SMILES string of the molecule is C.C.C.C=CC(=C)OC.CC1CC=CC1.CC=C(C)C. The highest BCUT2D eigenvalue weighted by molar-refractivity contribution is 5.00. The van der Waals surface area contributed by atoms with Gasteiger partial charge in [-0.05, 0) is 45.6 Å². The van der Waals surface area contributed by atoms with Gasteiger partial charge in [0.15, 0.2) is 0 Å². The quantitative estimate of drug-likeness (QED) is 0.296. The van der Waals surface area contributed by atoms with E-state index in [9.17, 15) is 0 Å². The number of ether oxygens (including phenoxy) is 1. The van der Waals surface area contributed by atoms with Crippen molar-refractivity contribution < 1.29 is 4.74 Å². The molecule has 0 saturated heterocycles. The van der Waals surface area contributed by atoms with Crippen LogP contribution in [-0.2, 0) is 4.74 Å². The molecule has 0 saturated carbocycles. The van der Waals surface area contributed by atoms with Crippen LogP contribution in [0.15, 0.2) is 48.8 Å². The van der Waals surface area contributed by atoms with Crippen LogP contribution in [0.25, 0.3) is 0 Å².